The first-order chi connectivity index (χ1) is 7.07. The molecule has 1 heterocycles. The van der Waals surface area contributed by atoms with Gasteiger partial charge >= 0.3 is 5.97 Å². The minimum Gasteiger partial charge on any atom is -0.480 e. The van der Waals surface area contributed by atoms with Crippen LogP contribution in [0.4, 0.5) is 0 Å². The van der Waals surface area contributed by atoms with E-state index in [0.717, 1.165) is 6.42 Å². The van der Waals surface area contributed by atoms with E-state index in [-0.39, 0.29) is 11.8 Å². The maximum atomic E-state index is 11.9. The van der Waals surface area contributed by atoms with Crippen molar-refractivity contribution in [3.63, 3.8) is 0 Å². The number of likely N-dealkylation sites (tertiary alicyclic amines) is 1. The zero-order chi connectivity index (χ0) is 11.4. The molecule has 4 nitrogen and oxygen atoms in total. The van der Waals surface area contributed by atoms with Crippen molar-refractivity contribution in [1.82, 2.24) is 4.90 Å². The molecule has 1 unspecified atom stereocenters. The lowest BCUT2D eigenvalue weighted by atomic mass is 10.1. The maximum absolute atomic E-state index is 11.9. The number of carboxylic acids is 1. The minimum atomic E-state index is -0.890. The van der Waals surface area contributed by atoms with Gasteiger partial charge in [0.2, 0.25) is 5.91 Å². The molecule has 1 fully saturated rings. The molecule has 0 aromatic heterocycles. The van der Waals surface area contributed by atoms with Crippen LogP contribution in [-0.2, 0) is 9.59 Å². The van der Waals surface area contributed by atoms with Gasteiger partial charge in [0, 0.05) is 12.5 Å². The number of amides is 1. The molecule has 0 saturated carbocycles. The van der Waals surface area contributed by atoms with Crippen LogP contribution in [0.5, 0.6) is 0 Å². The molecule has 0 aromatic rings. The fourth-order valence-corrected chi connectivity index (χ4v) is 2.27. The number of carbonyl (C=O) groups excluding carboxylic acids is 1. The van der Waals surface area contributed by atoms with E-state index in [1.165, 1.54) is 4.90 Å². The molecule has 0 aliphatic carbocycles. The van der Waals surface area contributed by atoms with Crippen molar-refractivity contribution in [3.8, 4) is 0 Å². The number of aliphatic carboxylic acids is 1. The van der Waals surface area contributed by atoms with Gasteiger partial charge in [-0.25, -0.2) is 4.79 Å². The predicted octanol–water partition coefficient (Wildman–Crippen LogP) is 1.02. The number of hydrogen-bond acceptors (Lipinski definition) is 3. The first kappa shape index (κ1) is 12.4. The molecule has 1 saturated heterocycles. The summed E-state index contributed by atoms with van der Waals surface area (Å²) >= 11 is 4.07. The zero-order valence-corrected chi connectivity index (χ0v) is 9.74. The Morgan fingerprint density at radius 1 is 1.60 bits per heavy atom. The van der Waals surface area contributed by atoms with Crippen molar-refractivity contribution in [3.05, 3.63) is 0 Å². The van der Waals surface area contributed by atoms with Crippen LogP contribution in [0.1, 0.15) is 26.2 Å². The SMILES string of the molecule is CC(CCS)C(=O)N1CCC[C@H]1C(=O)O. The highest BCUT2D eigenvalue weighted by Gasteiger charge is 2.35. The van der Waals surface area contributed by atoms with Gasteiger partial charge in [0.15, 0.2) is 0 Å². The molecule has 86 valence electrons. The van der Waals surface area contributed by atoms with Gasteiger partial charge in [0.25, 0.3) is 0 Å². The van der Waals surface area contributed by atoms with E-state index in [1.807, 2.05) is 6.92 Å². The Bertz CT molecular complexity index is 257. The van der Waals surface area contributed by atoms with Gasteiger partial charge in [-0.2, -0.15) is 12.6 Å². The smallest absolute Gasteiger partial charge is 0.326 e. The number of carbonyl (C=O) groups is 2. The summed E-state index contributed by atoms with van der Waals surface area (Å²) in [6.07, 6.45) is 2.07. The first-order valence-corrected chi connectivity index (χ1v) is 5.85. The first-order valence-electron chi connectivity index (χ1n) is 5.22. The molecule has 0 radical (unpaired) electrons. The third-order valence-electron chi connectivity index (χ3n) is 2.80. The molecule has 15 heavy (non-hydrogen) atoms. The van der Waals surface area contributed by atoms with E-state index in [4.69, 9.17) is 5.11 Å². The molecule has 0 aromatic carbocycles. The molecule has 1 aliphatic rings. The van der Waals surface area contributed by atoms with Crippen molar-refractivity contribution in [2.45, 2.75) is 32.2 Å². The van der Waals surface area contributed by atoms with Crippen LogP contribution < -0.4 is 0 Å². The molecule has 2 atom stereocenters. The van der Waals surface area contributed by atoms with E-state index < -0.39 is 12.0 Å². The highest BCUT2D eigenvalue weighted by Crippen LogP contribution is 2.21. The summed E-state index contributed by atoms with van der Waals surface area (Å²) in [6, 6.07) is -0.611. The molecule has 0 spiro atoms. The summed E-state index contributed by atoms with van der Waals surface area (Å²) in [6.45, 7) is 2.41. The van der Waals surface area contributed by atoms with E-state index in [9.17, 15) is 9.59 Å². The Morgan fingerprint density at radius 3 is 2.80 bits per heavy atom. The zero-order valence-electron chi connectivity index (χ0n) is 8.85. The van der Waals surface area contributed by atoms with Crippen LogP contribution in [0.2, 0.25) is 0 Å². The van der Waals surface area contributed by atoms with Crippen molar-refractivity contribution < 1.29 is 14.7 Å². The number of rotatable bonds is 4. The van der Waals surface area contributed by atoms with Crippen LogP contribution in [-0.4, -0.2) is 40.2 Å². The third kappa shape index (κ3) is 2.87. The third-order valence-corrected chi connectivity index (χ3v) is 3.06. The Hall–Kier alpha value is -0.710. The van der Waals surface area contributed by atoms with Crippen LogP contribution in [0, 0.1) is 5.92 Å². The number of thiol groups is 1. The normalized spacial score (nSPS) is 22.8. The summed E-state index contributed by atoms with van der Waals surface area (Å²) in [5.74, 6) is -0.409. The molecule has 5 heteroatoms. The molecular formula is C10H17NO3S. The number of nitrogens with zero attached hydrogens (tertiary/aromatic N) is 1. The maximum Gasteiger partial charge on any atom is 0.326 e. The van der Waals surface area contributed by atoms with Gasteiger partial charge in [-0.1, -0.05) is 6.92 Å². The topological polar surface area (TPSA) is 57.6 Å². The highest BCUT2D eigenvalue weighted by atomic mass is 32.1. The van der Waals surface area contributed by atoms with Gasteiger partial charge in [0.1, 0.15) is 6.04 Å². The summed E-state index contributed by atoms with van der Waals surface area (Å²) in [7, 11) is 0. The minimum absolute atomic E-state index is 0.0473. The summed E-state index contributed by atoms with van der Waals surface area (Å²) in [5, 5.41) is 8.94. The molecular weight excluding hydrogens is 214 g/mol. The summed E-state index contributed by atoms with van der Waals surface area (Å²) < 4.78 is 0. The quantitative estimate of drug-likeness (QED) is 0.710. The summed E-state index contributed by atoms with van der Waals surface area (Å²) in [5.41, 5.74) is 0. The lowest BCUT2D eigenvalue weighted by molar-refractivity contribution is -0.149. The Morgan fingerprint density at radius 2 is 2.27 bits per heavy atom. The van der Waals surface area contributed by atoms with Crippen LogP contribution >= 0.6 is 12.6 Å². The second kappa shape index (κ2) is 5.39. The van der Waals surface area contributed by atoms with Crippen molar-refractivity contribution in [2.24, 2.45) is 5.92 Å². The van der Waals surface area contributed by atoms with Crippen LogP contribution in [0.15, 0.2) is 0 Å². The second-order valence-electron chi connectivity index (χ2n) is 3.94. The predicted molar refractivity (Wildman–Crippen MR) is 60.0 cm³/mol. The lowest BCUT2D eigenvalue weighted by Crippen LogP contribution is -2.43. The van der Waals surface area contributed by atoms with Crippen LogP contribution in [0.25, 0.3) is 0 Å². The van der Waals surface area contributed by atoms with E-state index in [0.29, 0.717) is 25.1 Å². The largest absolute Gasteiger partial charge is 0.480 e. The second-order valence-corrected chi connectivity index (χ2v) is 4.39. The molecule has 1 aliphatic heterocycles. The van der Waals surface area contributed by atoms with E-state index >= 15 is 0 Å². The monoisotopic (exact) mass is 231 g/mol. The van der Waals surface area contributed by atoms with E-state index in [1.54, 1.807) is 0 Å². The molecule has 1 amide bonds. The average Bonchev–Trinajstić information content (AvgIpc) is 2.65. The molecule has 1 rings (SSSR count). The Labute approximate surface area is 95.1 Å². The van der Waals surface area contributed by atoms with Gasteiger partial charge < -0.3 is 10.0 Å². The van der Waals surface area contributed by atoms with Gasteiger partial charge in [-0.05, 0) is 25.0 Å². The summed E-state index contributed by atoms with van der Waals surface area (Å²) in [4.78, 5) is 24.3. The highest BCUT2D eigenvalue weighted by molar-refractivity contribution is 7.80. The van der Waals surface area contributed by atoms with Crippen molar-refractivity contribution in [2.75, 3.05) is 12.3 Å². The van der Waals surface area contributed by atoms with Gasteiger partial charge in [0.05, 0.1) is 0 Å². The molecule has 1 N–H and O–H groups in total. The average molecular weight is 231 g/mol. The van der Waals surface area contributed by atoms with Crippen molar-refractivity contribution >= 4 is 24.5 Å². The lowest BCUT2D eigenvalue weighted by Gasteiger charge is -2.24. The number of hydrogen-bond donors (Lipinski definition) is 2. The van der Waals surface area contributed by atoms with Gasteiger partial charge in [-0.15, -0.1) is 0 Å². The Balaban J connectivity index is 2.62. The number of carboxylic acid groups (broad SMARTS) is 1. The Kier molecular flexibility index (Phi) is 4.45. The fraction of sp³-hybridized carbons (Fsp3) is 0.800. The van der Waals surface area contributed by atoms with Gasteiger partial charge in [-0.3, -0.25) is 4.79 Å². The fourth-order valence-electron chi connectivity index (χ4n) is 1.89. The van der Waals surface area contributed by atoms with Crippen LogP contribution in [0.3, 0.4) is 0 Å². The standard InChI is InChI=1S/C10H17NO3S/c1-7(4-6-15)9(12)11-5-2-3-8(11)10(13)14/h7-8,15H,2-6H2,1H3,(H,13,14)/t7?,8-/m0/s1. The van der Waals surface area contributed by atoms with E-state index in [2.05, 4.69) is 12.6 Å². The van der Waals surface area contributed by atoms with Crippen molar-refractivity contribution in [1.29, 1.82) is 0 Å². The molecule has 0 bridgehead atoms.